The summed E-state index contributed by atoms with van der Waals surface area (Å²) in [6, 6.07) is 2.45. The molecule has 8 nitrogen and oxygen atoms in total. The third kappa shape index (κ3) is 5.61. The number of alkyl halides is 1. The van der Waals surface area contributed by atoms with Gasteiger partial charge in [0, 0.05) is 11.9 Å². The van der Waals surface area contributed by atoms with Crippen molar-refractivity contribution in [1.29, 1.82) is 0 Å². The molecule has 2 aromatic rings. The number of amides is 1. The Morgan fingerprint density at radius 2 is 1.94 bits per heavy atom. The smallest absolute Gasteiger partial charge is 0.408 e. The van der Waals surface area contributed by atoms with Gasteiger partial charge in [0.1, 0.15) is 11.3 Å². The Hall–Kier alpha value is -2.04. The van der Waals surface area contributed by atoms with Crippen molar-refractivity contribution in [3.8, 4) is 0 Å². The Labute approximate surface area is 185 Å². The standard InChI is InChI=1S/C20H26ClFN4O4S/c1-19(2,3)30-18(27)24-14-7-6-11-12(14)8-15(13-9-16(21)25-26-17(11)13)31(28,29)23-10-20(4,5)22/h8-9,14,23H,6-7,10H2,1-5H3,(H,24,27). The lowest BCUT2D eigenvalue weighted by molar-refractivity contribution is 0.0503. The van der Waals surface area contributed by atoms with Crippen LogP contribution in [0.15, 0.2) is 17.0 Å². The van der Waals surface area contributed by atoms with E-state index in [1.54, 1.807) is 20.8 Å². The number of alkyl carbamates (subject to hydrolysis) is 1. The van der Waals surface area contributed by atoms with Crippen LogP contribution in [-0.2, 0) is 21.2 Å². The molecule has 1 aliphatic carbocycles. The lowest BCUT2D eigenvalue weighted by Crippen LogP contribution is -2.36. The van der Waals surface area contributed by atoms with E-state index in [2.05, 4.69) is 20.2 Å². The Morgan fingerprint density at radius 1 is 1.26 bits per heavy atom. The van der Waals surface area contributed by atoms with Crippen LogP contribution in [0.25, 0.3) is 10.9 Å². The van der Waals surface area contributed by atoms with Gasteiger partial charge in [0.25, 0.3) is 0 Å². The predicted molar refractivity (Wildman–Crippen MR) is 115 cm³/mol. The molecule has 0 radical (unpaired) electrons. The van der Waals surface area contributed by atoms with Crippen LogP contribution in [0, 0.1) is 0 Å². The zero-order valence-corrected chi connectivity index (χ0v) is 19.6. The van der Waals surface area contributed by atoms with Crippen LogP contribution in [0.5, 0.6) is 0 Å². The average Bonchev–Trinajstić information content (AvgIpc) is 2.99. The van der Waals surface area contributed by atoms with Crippen LogP contribution >= 0.6 is 11.6 Å². The van der Waals surface area contributed by atoms with Gasteiger partial charge in [0.05, 0.1) is 16.5 Å². The van der Waals surface area contributed by atoms with Gasteiger partial charge < -0.3 is 10.1 Å². The molecule has 1 amide bonds. The van der Waals surface area contributed by atoms with E-state index in [1.807, 2.05) is 0 Å². The highest BCUT2D eigenvalue weighted by atomic mass is 35.5. The Kier molecular flexibility index (Phi) is 6.20. The van der Waals surface area contributed by atoms with E-state index in [-0.39, 0.29) is 10.0 Å². The SMILES string of the molecule is CC(C)(F)CNS(=O)(=O)c1cc2c(c3nnc(Cl)cc13)CCC2NC(=O)OC(C)(C)C. The fourth-order valence-corrected chi connectivity index (χ4v) is 4.97. The summed E-state index contributed by atoms with van der Waals surface area (Å²) < 4.78 is 47.6. The Morgan fingerprint density at radius 3 is 2.55 bits per heavy atom. The molecule has 0 aliphatic heterocycles. The number of ether oxygens (including phenoxy) is 1. The van der Waals surface area contributed by atoms with Gasteiger partial charge in [-0.2, -0.15) is 0 Å². The molecule has 1 aromatic carbocycles. The van der Waals surface area contributed by atoms with E-state index in [1.165, 1.54) is 26.0 Å². The van der Waals surface area contributed by atoms with Crippen LogP contribution in [0.2, 0.25) is 5.15 Å². The first kappa shape index (κ1) is 23.6. The highest BCUT2D eigenvalue weighted by molar-refractivity contribution is 7.89. The van der Waals surface area contributed by atoms with E-state index < -0.39 is 40.0 Å². The van der Waals surface area contributed by atoms with Crippen molar-refractivity contribution >= 4 is 38.6 Å². The quantitative estimate of drug-likeness (QED) is 0.684. The van der Waals surface area contributed by atoms with Crippen molar-refractivity contribution < 1.29 is 22.3 Å². The van der Waals surface area contributed by atoms with Crippen LogP contribution in [-0.4, -0.2) is 42.5 Å². The molecule has 0 spiro atoms. The van der Waals surface area contributed by atoms with Gasteiger partial charge in [-0.05, 0) is 70.7 Å². The lowest BCUT2D eigenvalue weighted by atomic mass is 10.0. The molecule has 1 unspecified atom stereocenters. The molecule has 1 atom stereocenters. The lowest BCUT2D eigenvalue weighted by Gasteiger charge is -2.22. The summed E-state index contributed by atoms with van der Waals surface area (Å²) in [6.45, 7) is 7.42. The number of aryl methyl sites for hydroxylation is 1. The summed E-state index contributed by atoms with van der Waals surface area (Å²) in [6.07, 6.45) is 0.505. The maximum Gasteiger partial charge on any atom is 0.408 e. The fraction of sp³-hybridized carbons (Fsp3) is 0.550. The monoisotopic (exact) mass is 472 g/mol. The van der Waals surface area contributed by atoms with Crippen molar-refractivity contribution in [1.82, 2.24) is 20.2 Å². The number of carbonyl (C=O) groups is 1. The van der Waals surface area contributed by atoms with Gasteiger partial charge in [-0.3, -0.25) is 0 Å². The van der Waals surface area contributed by atoms with Gasteiger partial charge in [-0.25, -0.2) is 22.3 Å². The number of aromatic nitrogens is 2. The number of fused-ring (bicyclic) bond motifs is 3. The van der Waals surface area contributed by atoms with Crippen LogP contribution in [0.1, 0.15) is 58.2 Å². The summed E-state index contributed by atoms with van der Waals surface area (Å²) in [5, 5.41) is 11.1. The summed E-state index contributed by atoms with van der Waals surface area (Å²) in [5.74, 6) is 0. The van der Waals surface area contributed by atoms with Gasteiger partial charge in [-0.15, -0.1) is 10.2 Å². The highest BCUT2D eigenvalue weighted by Gasteiger charge is 2.32. The third-order valence-corrected chi connectivity index (χ3v) is 6.30. The number of rotatable bonds is 5. The minimum absolute atomic E-state index is 0.0381. The fourth-order valence-electron chi connectivity index (χ4n) is 3.41. The van der Waals surface area contributed by atoms with Crippen LogP contribution in [0.4, 0.5) is 9.18 Å². The molecule has 1 heterocycles. The predicted octanol–water partition coefficient (Wildman–Crippen LogP) is 3.82. The second-order valence-corrected chi connectivity index (χ2v) is 11.3. The first-order chi connectivity index (χ1) is 14.2. The van der Waals surface area contributed by atoms with E-state index in [9.17, 15) is 17.6 Å². The van der Waals surface area contributed by atoms with Crippen molar-refractivity contribution in [2.24, 2.45) is 0 Å². The number of carbonyl (C=O) groups excluding carboxylic acids is 1. The largest absolute Gasteiger partial charge is 0.444 e. The topological polar surface area (TPSA) is 110 Å². The summed E-state index contributed by atoms with van der Waals surface area (Å²) in [4.78, 5) is 12.2. The normalized spacial score (nSPS) is 16.9. The average molecular weight is 473 g/mol. The zero-order chi connectivity index (χ0) is 23.2. The number of sulfonamides is 1. The number of nitrogens with one attached hydrogen (secondary N) is 2. The summed E-state index contributed by atoms with van der Waals surface area (Å²) in [7, 11) is -4.10. The molecular formula is C20H26ClFN4O4S. The summed E-state index contributed by atoms with van der Waals surface area (Å²) in [5.41, 5.74) is -0.637. The first-order valence-corrected chi connectivity index (χ1v) is 11.7. The maximum atomic E-state index is 13.9. The second kappa shape index (κ2) is 8.14. The van der Waals surface area contributed by atoms with Gasteiger partial charge in [0.15, 0.2) is 5.15 Å². The molecule has 31 heavy (non-hydrogen) atoms. The molecule has 0 saturated carbocycles. The molecule has 11 heteroatoms. The van der Waals surface area contributed by atoms with E-state index in [0.717, 1.165) is 5.56 Å². The van der Waals surface area contributed by atoms with Gasteiger partial charge in [-0.1, -0.05) is 11.6 Å². The Bertz CT molecular complexity index is 1130. The molecule has 170 valence electrons. The Balaban J connectivity index is 2.07. The molecule has 0 fully saturated rings. The molecule has 3 rings (SSSR count). The number of halogens is 2. The van der Waals surface area contributed by atoms with Crippen molar-refractivity contribution in [3.63, 3.8) is 0 Å². The van der Waals surface area contributed by atoms with E-state index in [4.69, 9.17) is 16.3 Å². The number of benzene rings is 1. The zero-order valence-electron chi connectivity index (χ0n) is 18.0. The first-order valence-electron chi connectivity index (χ1n) is 9.83. The molecule has 2 N–H and O–H groups in total. The molecular weight excluding hydrogens is 447 g/mol. The number of nitrogens with zero attached hydrogens (tertiary/aromatic N) is 2. The molecule has 1 aromatic heterocycles. The van der Waals surface area contributed by atoms with Crippen molar-refractivity contribution in [2.45, 2.75) is 69.7 Å². The van der Waals surface area contributed by atoms with Gasteiger partial charge >= 0.3 is 6.09 Å². The minimum atomic E-state index is -4.10. The molecule has 0 saturated heterocycles. The minimum Gasteiger partial charge on any atom is -0.444 e. The molecule has 1 aliphatic rings. The van der Waals surface area contributed by atoms with Crippen molar-refractivity contribution in [3.05, 3.63) is 28.4 Å². The molecule has 0 bridgehead atoms. The van der Waals surface area contributed by atoms with E-state index >= 15 is 0 Å². The van der Waals surface area contributed by atoms with Crippen molar-refractivity contribution in [2.75, 3.05) is 6.54 Å². The second-order valence-electron chi connectivity index (χ2n) is 9.15. The highest BCUT2D eigenvalue weighted by Crippen LogP contribution is 2.39. The third-order valence-electron chi connectivity index (χ3n) is 4.67. The number of hydrogen-bond acceptors (Lipinski definition) is 6. The van der Waals surface area contributed by atoms with Crippen LogP contribution in [0.3, 0.4) is 0 Å². The maximum absolute atomic E-state index is 13.9. The van der Waals surface area contributed by atoms with Crippen LogP contribution < -0.4 is 10.0 Å². The van der Waals surface area contributed by atoms with E-state index in [0.29, 0.717) is 29.3 Å². The number of hydrogen-bond donors (Lipinski definition) is 2. The van der Waals surface area contributed by atoms with Gasteiger partial charge in [0.2, 0.25) is 10.0 Å². The summed E-state index contributed by atoms with van der Waals surface area (Å²) >= 11 is 5.98.